The first-order chi connectivity index (χ1) is 10.5. The first-order valence-corrected chi connectivity index (χ1v) is 8.32. The number of aryl methyl sites for hydroxylation is 1. The van der Waals surface area contributed by atoms with Gasteiger partial charge in [-0.15, -0.1) is 0 Å². The van der Waals surface area contributed by atoms with E-state index in [2.05, 4.69) is 43.1 Å². The first kappa shape index (κ1) is 17.3. The van der Waals surface area contributed by atoms with E-state index in [-0.39, 0.29) is 0 Å². The van der Waals surface area contributed by atoms with Gasteiger partial charge in [-0.1, -0.05) is 13.8 Å². The summed E-state index contributed by atoms with van der Waals surface area (Å²) < 4.78 is 5.48. The summed E-state index contributed by atoms with van der Waals surface area (Å²) in [5.41, 5.74) is 3.32. The van der Waals surface area contributed by atoms with Crippen LogP contribution in [0, 0.1) is 6.92 Å². The third-order valence-corrected chi connectivity index (χ3v) is 4.53. The molecule has 2 N–H and O–H groups in total. The molecule has 1 aliphatic rings. The van der Waals surface area contributed by atoms with Gasteiger partial charge in [0, 0.05) is 32.7 Å². The van der Waals surface area contributed by atoms with Crippen LogP contribution in [-0.4, -0.2) is 49.8 Å². The molecule has 2 rings (SSSR count). The molecule has 0 spiro atoms. The van der Waals surface area contributed by atoms with Gasteiger partial charge in [0.05, 0.1) is 13.2 Å². The van der Waals surface area contributed by atoms with Gasteiger partial charge in [-0.25, -0.2) is 0 Å². The molecule has 0 radical (unpaired) electrons. The molecule has 1 fully saturated rings. The lowest BCUT2D eigenvalue weighted by Gasteiger charge is -2.28. The van der Waals surface area contributed by atoms with Gasteiger partial charge >= 0.3 is 0 Å². The van der Waals surface area contributed by atoms with Crippen molar-refractivity contribution in [1.82, 2.24) is 10.2 Å². The van der Waals surface area contributed by atoms with Crippen molar-refractivity contribution in [2.24, 2.45) is 0 Å². The Labute approximate surface area is 134 Å². The molecule has 0 amide bonds. The second-order valence-electron chi connectivity index (χ2n) is 6.50. The molecule has 0 aliphatic carbocycles. The Kier molecular flexibility index (Phi) is 6.24. The molecule has 0 bridgehead atoms. The SMILES string of the molecule is COc1cc(C)c(C(O)CCN2CCNCC2)cc1C(C)C. The maximum atomic E-state index is 10.6. The first-order valence-electron chi connectivity index (χ1n) is 8.32. The van der Waals surface area contributed by atoms with Crippen LogP contribution < -0.4 is 10.1 Å². The number of benzene rings is 1. The Morgan fingerprint density at radius 1 is 1.23 bits per heavy atom. The van der Waals surface area contributed by atoms with E-state index in [1.165, 1.54) is 5.56 Å². The fourth-order valence-corrected chi connectivity index (χ4v) is 3.10. The number of rotatable bonds is 6. The minimum atomic E-state index is -0.404. The van der Waals surface area contributed by atoms with E-state index >= 15 is 0 Å². The molecule has 0 aromatic heterocycles. The fourth-order valence-electron chi connectivity index (χ4n) is 3.10. The molecule has 0 saturated carbocycles. The van der Waals surface area contributed by atoms with Crippen LogP contribution in [0.1, 0.15) is 49.0 Å². The van der Waals surface area contributed by atoms with Gasteiger partial charge in [-0.2, -0.15) is 0 Å². The lowest BCUT2D eigenvalue weighted by atomic mass is 9.93. The zero-order valence-corrected chi connectivity index (χ0v) is 14.4. The number of hydrogen-bond acceptors (Lipinski definition) is 4. The van der Waals surface area contributed by atoms with E-state index < -0.39 is 6.10 Å². The Morgan fingerprint density at radius 3 is 2.50 bits per heavy atom. The highest BCUT2D eigenvalue weighted by atomic mass is 16.5. The average Bonchev–Trinajstić information content (AvgIpc) is 2.52. The number of nitrogens with one attached hydrogen (secondary N) is 1. The smallest absolute Gasteiger partial charge is 0.122 e. The van der Waals surface area contributed by atoms with Gasteiger partial charge in [-0.3, -0.25) is 0 Å². The van der Waals surface area contributed by atoms with Gasteiger partial charge in [-0.05, 0) is 48.1 Å². The van der Waals surface area contributed by atoms with E-state index in [9.17, 15) is 5.11 Å². The summed E-state index contributed by atoms with van der Waals surface area (Å²) >= 11 is 0. The summed E-state index contributed by atoms with van der Waals surface area (Å²) in [5, 5.41) is 14.0. The summed E-state index contributed by atoms with van der Waals surface area (Å²) in [6.45, 7) is 11.6. The van der Waals surface area contributed by atoms with Gasteiger partial charge in [0.25, 0.3) is 0 Å². The maximum absolute atomic E-state index is 10.6. The predicted octanol–water partition coefficient (Wildman–Crippen LogP) is 2.46. The van der Waals surface area contributed by atoms with Gasteiger partial charge in [0.2, 0.25) is 0 Å². The van der Waals surface area contributed by atoms with Crippen LogP contribution in [0.5, 0.6) is 5.75 Å². The molecule has 1 aromatic carbocycles. The van der Waals surface area contributed by atoms with Crippen LogP contribution in [0.2, 0.25) is 0 Å². The van der Waals surface area contributed by atoms with Crippen LogP contribution >= 0.6 is 0 Å². The minimum Gasteiger partial charge on any atom is -0.496 e. The lowest BCUT2D eigenvalue weighted by Crippen LogP contribution is -2.44. The number of ether oxygens (including phenoxy) is 1. The molecule has 124 valence electrons. The third-order valence-electron chi connectivity index (χ3n) is 4.53. The Hall–Kier alpha value is -1.10. The van der Waals surface area contributed by atoms with Crippen molar-refractivity contribution in [2.75, 3.05) is 39.8 Å². The maximum Gasteiger partial charge on any atom is 0.122 e. The van der Waals surface area contributed by atoms with Crippen LogP contribution in [0.3, 0.4) is 0 Å². The van der Waals surface area contributed by atoms with E-state index in [1.54, 1.807) is 7.11 Å². The zero-order valence-electron chi connectivity index (χ0n) is 14.4. The van der Waals surface area contributed by atoms with Crippen molar-refractivity contribution in [3.8, 4) is 5.75 Å². The van der Waals surface area contributed by atoms with Gasteiger partial charge in [0.15, 0.2) is 0 Å². The molecule has 1 unspecified atom stereocenters. The molecule has 1 heterocycles. The Morgan fingerprint density at radius 2 is 1.91 bits per heavy atom. The average molecular weight is 306 g/mol. The van der Waals surface area contributed by atoms with Gasteiger partial charge < -0.3 is 20.1 Å². The predicted molar refractivity (Wildman–Crippen MR) is 90.7 cm³/mol. The highest BCUT2D eigenvalue weighted by molar-refractivity contribution is 5.44. The molecule has 4 nitrogen and oxygen atoms in total. The van der Waals surface area contributed by atoms with Crippen LogP contribution in [-0.2, 0) is 0 Å². The van der Waals surface area contributed by atoms with E-state index in [0.717, 1.165) is 56.0 Å². The number of aliphatic hydroxyl groups excluding tert-OH is 1. The highest BCUT2D eigenvalue weighted by Crippen LogP contribution is 2.33. The largest absolute Gasteiger partial charge is 0.496 e. The Balaban J connectivity index is 2.07. The second-order valence-corrected chi connectivity index (χ2v) is 6.50. The molecular formula is C18H30N2O2. The fraction of sp³-hybridized carbons (Fsp3) is 0.667. The molecule has 1 saturated heterocycles. The lowest BCUT2D eigenvalue weighted by molar-refractivity contribution is 0.136. The minimum absolute atomic E-state index is 0.384. The number of nitrogens with zero attached hydrogens (tertiary/aromatic N) is 1. The zero-order chi connectivity index (χ0) is 16.1. The Bertz CT molecular complexity index is 482. The third kappa shape index (κ3) is 4.22. The molecule has 4 heteroatoms. The van der Waals surface area contributed by atoms with Crippen LogP contribution in [0.15, 0.2) is 12.1 Å². The van der Waals surface area contributed by atoms with Crippen LogP contribution in [0.4, 0.5) is 0 Å². The van der Waals surface area contributed by atoms with E-state index in [4.69, 9.17) is 4.74 Å². The van der Waals surface area contributed by atoms with Crippen molar-refractivity contribution in [1.29, 1.82) is 0 Å². The number of aliphatic hydroxyl groups is 1. The summed E-state index contributed by atoms with van der Waals surface area (Å²) in [5.74, 6) is 1.31. The van der Waals surface area contributed by atoms with Crippen molar-refractivity contribution in [2.45, 2.75) is 39.2 Å². The number of methoxy groups -OCH3 is 1. The van der Waals surface area contributed by atoms with Crippen molar-refractivity contribution in [3.05, 3.63) is 28.8 Å². The summed E-state index contributed by atoms with van der Waals surface area (Å²) in [4.78, 5) is 2.42. The molecule has 22 heavy (non-hydrogen) atoms. The molecule has 1 aliphatic heterocycles. The quantitative estimate of drug-likeness (QED) is 0.847. The summed E-state index contributed by atoms with van der Waals surface area (Å²) in [6.07, 6.45) is 0.378. The van der Waals surface area contributed by atoms with Crippen LogP contribution in [0.25, 0.3) is 0 Å². The number of piperazine rings is 1. The summed E-state index contributed by atoms with van der Waals surface area (Å²) in [6, 6.07) is 4.18. The monoisotopic (exact) mass is 306 g/mol. The van der Waals surface area contributed by atoms with E-state index in [1.807, 2.05) is 0 Å². The second kappa shape index (κ2) is 7.95. The van der Waals surface area contributed by atoms with Crippen molar-refractivity contribution >= 4 is 0 Å². The standard InChI is InChI=1S/C18H30N2O2/c1-13(2)15-12-16(14(3)11-18(15)22-4)17(21)5-8-20-9-6-19-7-10-20/h11-13,17,19,21H,5-10H2,1-4H3. The van der Waals surface area contributed by atoms with Crippen molar-refractivity contribution in [3.63, 3.8) is 0 Å². The molecule has 1 atom stereocenters. The molecular weight excluding hydrogens is 276 g/mol. The van der Waals surface area contributed by atoms with E-state index in [0.29, 0.717) is 5.92 Å². The molecule has 1 aromatic rings. The summed E-state index contributed by atoms with van der Waals surface area (Å²) in [7, 11) is 1.71. The van der Waals surface area contributed by atoms with Gasteiger partial charge in [0.1, 0.15) is 5.75 Å². The normalized spacial score (nSPS) is 17.7. The number of hydrogen-bond donors (Lipinski definition) is 2. The van der Waals surface area contributed by atoms with Crippen molar-refractivity contribution < 1.29 is 9.84 Å². The topological polar surface area (TPSA) is 44.7 Å². The highest BCUT2D eigenvalue weighted by Gasteiger charge is 2.18.